The predicted molar refractivity (Wildman–Crippen MR) is 60.0 cm³/mol. The fraction of sp³-hybridized carbons (Fsp3) is 0.545. The second-order valence-corrected chi connectivity index (χ2v) is 4.50. The van der Waals surface area contributed by atoms with Gasteiger partial charge < -0.3 is 10.0 Å². The summed E-state index contributed by atoms with van der Waals surface area (Å²) in [6, 6.07) is 0. The molecule has 1 N–H and O–H groups in total. The fourth-order valence-electron chi connectivity index (χ4n) is 1.99. The summed E-state index contributed by atoms with van der Waals surface area (Å²) < 4.78 is 13.8. The van der Waals surface area contributed by atoms with Crippen LogP contribution in [-0.2, 0) is 0 Å². The Hall–Kier alpha value is -1.72. The van der Waals surface area contributed by atoms with Crippen molar-refractivity contribution in [1.82, 2.24) is 9.97 Å². The van der Waals surface area contributed by atoms with Gasteiger partial charge in [0.15, 0.2) is 5.69 Å². The van der Waals surface area contributed by atoms with E-state index in [1.165, 1.54) is 12.4 Å². The van der Waals surface area contributed by atoms with Gasteiger partial charge in [-0.05, 0) is 19.8 Å². The lowest BCUT2D eigenvalue weighted by Crippen LogP contribution is -2.43. The summed E-state index contributed by atoms with van der Waals surface area (Å²) >= 11 is 0. The first-order valence-corrected chi connectivity index (χ1v) is 5.47. The maximum atomic E-state index is 13.8. The molecule has 1 aliphatic rings. The molecule has 0 aromatic carbocycles. The molecule has 1 aromatic rings. The maximum Gasteiger partial charge on any atom is 0.356 e. The monoisotopic (exact) mass is 239 g/mol. The summed E-state index contributed by atoms with van der Waals surface area (Å²) in [7, 11) is 0. The highest BCUT2D eigenvalue weighted by molar-refractivity contribution is 5.84. The largest absolute Gasteiger partial charge is 0.476 e. The lowest BCUT2D eigenvalue weighted by atomic mass is 9.97. The van der Waals surface area contributed by atoms with Crippen LogP contribution in [0.2, 0.25) is 0 Å². The van der Waals surface area contributed by atoms with Gasteiger partial charge in [0.05, 0.1) is 18.9 Å². The number of alkyl halides is 1. The van der Waals surface area contributed by atoms with Crippen LogP contribution >= 0.6 is 0 Å². The van der Waals surface area contributed by atoms with Crippen LogP contribution < -0.4 is 4.90 Å². The second kappa shape index (κ2) is 4.27. The Balaban J connectivity index is 2.14. The van der Waals surface area contributed by atoms with E-state index in [0.29, 0.717) is 12.2 Å². The molecule has 0 spiro atoms. The van der Waals surface area contributed by atoms with Crippen molar-refractivity contribution in [2.45, 2.75) is 25.4 Å². The van der Waals surface area contributed by atoms with Gasteiger partial charge in [0, 0.05) is 6.54 Å². The van der Waals surface area contributed by atoms with Gasteiger partial charge in [-0.15, -0.1) is 0 Å². The highest BCUT2D eigenvalue weighted by Gasteiger charge is 2.31. The van der Waals surface area contributed by atoms with Crippen LogP contribution in [-0.4, -0.2) is 39.8 Å². The van der Waals surface area contributed by atoms with E-state index >= 15 is 0 Å². The van der Waals surface area contributed by atoms with E-state index in [1.54, 1.807) is 11.8 Å². The Morgan fingerprint density at radius 3 is 2.82 bits per heavy atom. The average Bonchev–Trinajstić information content (AvgIpc) is 2.28. The normalized spacial score (nSPS) is 24.7. The lowest BCUT2D eigenvalue weighted by Gasteiger charge is -2.35. The second-order valence-electron chi connectivity index (χ2n) is 4.50. The summed E-state index contributed by atoms with van der Waals surface area (Å²) in [6.07, 6.45) is 3.88. The van der Waals surface area contributed by atoms with Gasteiger partial charge in [-0.2, -0.15) is 0 Å². The molecule has 17 heavy (non-hydrogen) atoms. The molecule has 5 nitrogen and oxygen atoms in total. The Kier molecular flexibility index (Phi) is 2.95. The Bertz CT molecular complexity index is 419. The number of aromatic carboxylic acids is 1. The zero-order chi connectivity index (χ0) is 12.5. The topological polar surface area (TPSA) is 66.3 Å². The number of carbonyl (C=O) groups is 1. The minimum atomic E-state index is -1.22. The number of anilines is 1. The van der Waals surface area contributed by atoms with Gasteiger partial charge in [-0.3, -0.25) is 0 Å². The van der Waals surface area contributed by atoms with E-state index < -0.39 is 11.6 Å². The molecule has 0 radical (unpaired) electrons. The Labute approximate surface area is 98.3 Å². The van der Waals surface area contributed by atoms with Gasteiger partial charge in [-0.25, -0.2) is 19.2 Å². The molecule has 2 heterocycles. The van der Waals surface area contributed by atoms with Gasteiger partial charge in [0.25, 0.3) is 0 Å². The molecule has 1 atom stereocenters. The molecule has 0 saturated carbocycles. The van der Waals surface area contributed by atoms with Crippen LogP contribution in [0.25, 0.3) is 0 Å². The maximum absolute atomic E-state index is 13.8. The molecule has 6 heteroatoms. The minimum Gasteiger partial charge on any atom is -0.476 e. The van der Waals surface area contributed by atoms with Crippen LogP contribution in [0.4, 0.5) is 10.2 Å². The number of carboxylic acids is 1. The van der Waals surface area contributed by atoms with Crippen molar-refractivity contribution in [3.8, 4) is 0 Å². The van der Waals surface area contributed by atoms with Gasteiger partial charge in [0.2, 0.25) is 0 Å². The van der Waals surface area contributed by atoms with Crippen LogP contribution in [0, 0.1) is 0 Å². The first kappa shape index (κ1) is 11.8. The highest BCUT2D eigenvalue weighted by Crippen LogP contribution is 2.26. The molecule has 2 rings (SSSR count). The van der Waals surface area contributed by atoms with Gasteiger partial charge in [0.1, 0.15) is 11.5 Å². The summed E-state index contributed by atoms with van der Waals surface area (Å²) in [4.78, 5) is 20.2. The number of rotatable bonds is 2. The highest BCUT2D eigenvalue weighted by atomic mass is 19.1. The van der Waals surface area contributed by atoms with Gasteiger partial charge in [-0.1, -0.05) is 0 Å². The summed E-state index contributed by atoms with van der Waals surface area (Å²) in [5, 5.41) is 8.69. The van der Waals surface area contributed by atoms with Crippen molar-refractivity contribution >= 4 is 11.8 Å². The Morgan fingerprint density at radius 1 is 1.53 bits per heavy atom. The number of nitrogens with zero attached hydrogens (tertiary/aromatic N) is 3. The summed E-state index contributed by atoms with van der Waals surface area (Å²) in [6.45, 7) is 2.56. The SMILES string of the molecule is CC1(F)CCCN(c2cnc(C(=O)O)cn2)C1. The van der Waals surface area contributed by atoms with Crippen LogP contribution in [0.15, 0.2) is 12.4 Å². The van der Waals surface area contributed by atoms with Crippen molar-refractivity contribution in [2.75, 3.05) is 18.0 Å². The molecule has 0 bridgehead atoms. The third kappa shape index (κ3) is 2.69. The third-order valence-corrected chi connectivity index (χ3v) is 2.83. The molecule has 0 amide bonds. The lowest BCUT2D eigenvalue weighted by molar-refractivity contribution is 0.0690. The first-order chi connectivity index (χ1) is 7.98. The third-order valence-electron chi connectivity index (χ3n) is 2.83. The molecule has 1 aliphatic heterocycles. The van der Waals surface area contributed by atoms with Crippen molar-refractivity contribution in [1.29, 1.82) is 0 Å². The van der Waals surface area contributed by atoms with E-state index in [-0.39, 0.29) is 12.2 Å². The van der Waals surface area contributed by atoms with E-state index in [9.17, 15) is 9.18 Å². The molecule has 1 fully saturated rings. The van der Waals surface area contributed by atoms with E-state index in [1.807, 2.05) is 0 Å². The van der Waals surface area contributed by atoms with Crippen LogP contribution in [0.1, 0.15) is 30.3 Å². The quantitative estimate of drug-likeness (QED) is 0.847. The molecular weight excluding hydrogens is 225 g/mol. The zero-order valence-corrected chi connectivity index (χ0v) is 9.56. The van der Waals surface area contributed by atoms with Crippen molar-refractivity contribution in [3.63, 3.8) is 0 Å². The van der Waals surface area contributed by atoms with Crippen molar-refractivity contribution < 1.29 is 14.3 Å². The number of piperidine rings is 1. The number of carboxylic acid groups (broad SMARTS) is 1. The van der Waals surface area contributed by atoms with Crippen molar-refractivity contribution in [3.05, 3.63) is 18.1 Å². The molecule has 1 aromatic heterocycles. The molecule has 92 valence electrons. The van der Waals surface area contributed by atoms with Gasteiger partial charge >= 0.3 is 5.97 Å². The number of hydrogen-bond acceptors (Lipinski definition) is 4. The summed E-state index contributed by atoms with van der Waals surface area (Å²) in [5.41, 5.74) is -1.32. The standard InChI is InChI=1S/C11H14FN3O2/c1-11(12)3-2-4-15(7-11)9-6-13-8(5-14-9)10(16)17/h5-6H,2-4,7H2,1H3,(H,16,17). The molecule has 1 unspecified atom stereocenters. The van der Waals surface area contributed by atoms with E-state index in [0.717, 1.165) is 13.0 Å². The fourth-order valence-corrected chi connectivity index (χ4v) is 1.99. The number of halogens is 1. The van der Waals surface area contributed by atoms with E-state index in [4.69, 9.17) is 5.11 Å². The number of hydrogen-bond donors (Lipinski definition) is 1. The molecule has 0 aliphatic carbocycles. The smallest absolute Gasteiger partial charge is 0.356 e. The zero-order valence-electron chi connectivity index (χ0n) is 9.56. The van der Waals surface area contributed by atoms with Crippen LogP contribution in [0.3, 0.4) is 0 Å². The van der Waals surface area contributed by atoms with Crippen molar-refractivity contribution in [2.24, 2.45) is 0 Å². The predicted octanol–water partition coefficient (Wildman–Crippen LogP) is 1.50. The average molecular weight is 239 g/mol. The van der Waals surface area contributed by atoms with E-state index in [2.05, 4.69) is 9.97 Å². The minimum absolute atomic E-state index is 0.103. The molecular formula is C11H14FN3O2. The first-order valence-electron chi connectivity index (χ1n) is 5.47. The Morgan fingerprint density at radius 2 is 2.29 bits per heavy atom. The number of aromatic nitrogens is 2. The summed E-state index contributed by atoms with van der Waals surface area (Å²) in [5.74, 6) is -0.586. The molecule has 1 saturated heterocycles. The van der Waals surface area contributed by atoms with Crippen LogP contribution in [0.5, 0.6) is 0 Å².